The predicted octanol–water partition coefficient (Wildman–Crippen LogP) is 3.66. The van der Waals surface area contributed by atoms with Crippen LogP contribution in [-0.4, -0.2) is 47.6 Å². The summed E-state index contributed by atoms with van der Waals surface area (Å²) in [5.74, 6) is 2.63. The van der Waals surface area contributed by atoms with Crippen molar-refractivity contribution in [2.24, 2.45) is 0 Å². The third kappa shape index (κ3) is 3.81. The molecule has 0 unspecified atom stereocenters. The Labute approximate surface area is 164 Å². The van der Waals surface area contributed by atoms with Crippen LogP contribution in [0, 0.1) is 6.92 Å². The van der Waals surface area contributed by atoms with Crippen molar-refractivity contribution in [3.05, 3.63) is 53.9 Å². The molecule has 0 aliphatic carbocycles. The second kappa shape index (κ2) is 7.92. The fourth-order valence-corrected chi connectivity index (χ4v) is 3.69. The monoisotopic (exact) mass is 379 g/mol. The van der Waals surface area contributed by atoms with Gasteiger partial charge in [-0.2, -0.15) is 0 Å². The molecule has 0 atom stereocenters. The molecule has 4 rings (SSSR count). The van der Waals surface area contributed by atoms with E-state index in [2.05, 4.69) is 4.98 Å². The number of aryl methyl sites for hydroxylation is 1. The molecule has 1 N–H and O–H groups in total. The van der Waals surface area contributed by atoms with Crippen LogP contribution in [0.5, 0.6) is 11.5 Å². The predicted molar refractivity (Wildman–Crippen MR) is 108 cm³/mol. The molecule has 1 aliphatic heterocycles. The Balaban J connectivity index is 1.32. The molecule has 0 bridgehead atoms. The van der Waals surface area contributed by atoms with Gasteiger partial charge in [0.25, 0.3) is 5.91 Å². The van der Waals surface area contributed by atoms with E-state index < -0.39 is 0 Å². The maximum atomic E-state index is 12.6. The highest BCUT2D eigenvalue weighted by atomic mass is 16.5. The lowest BCUT2D eigenvalue weighted by molar-refractivity contribution is -0.134. The largest absolute Gasteiger partial charge is 0.493 e. The lowest BCUT2D eigenvalue weighted by atomic mass is 9.96. The summed E-state index contributed by atoms with van der Waals surface area (Å²) in [5.41, 5.74) is 3.15. The van der Waals surface area contributed by atoms with Gasteiger partial charge in [-0.05, 0) is 49.6 Å². The maximum Gasteiger partial charge on any atom is 0.260 e. The molecule has 1 amide bonds. The molecule has 1 aromatic heterocycles. The first-order chi connectivity index (χ1) is 13.6. The summed E-state index contributed by atoms with van der Waals surface area (Å²) in [4.78, 5) is 22.6. The number of H-pyrrole nitrogens is 1. The van der Waals surface area contributed by atoms with Gasteiger partial charge in [0.1, 0.15) is 5.82 Å². The van der Waals surface area contributed by atoms with E-state index in [-0.39, 0.29) is 12.5 Å². The number of methoxy groups -OCH3 is 1. The summed E-state index contributed by atoms with van der Waals surface area (Å²) in [5, 5.41) is 0. The number of carbonyl (C=O) groups is 1. The fraction of sp³-hybridized carbons (Fsp3) is 0.364. The first kappa shape index (κ1) is 18.3. The number of hydrogen-bond donors (Lipinski definition) is 1. The zero-order valence-electron chi connectivity index (χ0n) is 16.3. The number of amides is 1. The Bertz CT molecular complexity index is 941. The van der Waals surface area contributed by atoms with Crippen molar-refractivity contribution in [2.45, 2.75) is 25.7 Å². The molecular formula is C22H25N3O3. The van der Waals surface area contributed by atoms with E-state index in [0.717, 1.165) is 48.4 Å². The number of aromatic amines is 1. The second-order valence-electron chi connectivity index (χ2n) is 7.24. The smallest absolute Gasteiger partial charge is 0.260 e. The molecule has 0 spiro atoms. The quantitative estimate of drug-likeness (QED) is 0.735. The average Bonchev–Trinajstić information content (AvgIpc) is 3.17. The van der Waals surface area contributed by atoms with Gasteiger partial charge < -0.3 is 19.4 Å². The number of aromatic nitrogens is 2. The molecule has 2 heterocycles. The first-order valence-corrected chi connectivity index (χ1v) is 9.64. The number of nitrogens with one attached hydrogen (secondary N) is 1. The number of benzene rings is 2. The average molecular weight is 379 g/mol. The SMILES string of the molecule is COc1cc(C)ccc1OCC(=O)N1CCC(c2nc3ccccc3[nH]2)CC1. The molecule has 2 aromatic carbocycles. The van der Waals surface area contributed by atoms with Crippen molar-refractivity contribution < 1.29 is 14.3 Å². The Hall–Kier alpha value is -3.02. The van der Waals surface area contributed by atoms with Gasteiger partial charge in [0.2, 0.25) is 0 Å². The van der Waals surface area contributed by atoms with Crippen LogP contribution in [0.25, 0.3) is 11.0 Å². The van der Waals surface area contributed by atoms with E-state index in [1.807, 2.05) is 54.3 Å². The van der Waals surface area contributed by atoms with Crippen LogP contribution in [-0.2, 0) is 4.79 Å². The number of para-hydroxylation sites is 2. The highest BCUT2D eigenvalue weighted by molar-refractivity contribution is 5.78. The normalized spacial score (nSPS) is 15.0. The Morgan fingerprint density at radius 2 is 1.96 bits per heavy atom. The van der Waals surface area contributed by atoms with Crippen LogP contribution in [0.1, 0.15) is 30.1 Å². The summed E-state index contributed by atoms with van der Waals surface area (Å²) in [6, 6.07) is 13.8. The van der Waals surface area contributed by atoms with Gasteiger partial charge in [-0.25, -0.2) is 4.98 Å². The molecule has 6 heteroatoms. The number of likely N-dealkylation sites (tertiary alicyclic amines) is 1. The summed E-state index contributed by atoms with van der Waals surface area (Å²) in [6.45, 7) is 3.45. The van der Waals surface area contributed by atoms with Gasteiger partial charge in [-0.15, -0.1) is 0 Å². The van der Waals surface area contributed by atoms with Gasteiger partial charge >= 0.3 is 0 Å². The van der Waals surface area contributed by atoms with E-state index in [1.54, 1.807) is 7.11 Å². The molecule has 1 aliphatic rings. The van der Waals surface area contributed by atoms with E-state index in [1.165, 1.54) is 0 Å². The molecule has 28 heavy (non-hydrogen) atoms. The molecule has 6 nitrogen and oxygen atoms in total. The number of piperidine rings is 1. The number of nitrogens with zero attached hydrogens (tertiary/aromatic N) is 2. The minimum atomic E-state index is 0.00526. The molecule has 1 saturated heterocycles. The summed E-state index contributed by atoms with van der Waals surface area (Å²) < 4.78 is 11.0. The van der Waals surface area contributed by atoms with Crippen LogP contribution in [0.2, 0.25) is 0 Å². The molecule has 0 saturated carbocycles. The molecule has 146 valence electrons. The van der Waals surface area contributed by atoms with Crippen LogP contribution in [0.15, 0.2) is 42.5 Å². The Morgan fingerprint density at radius 3 is 2.71 bits per heavy atom. The number of imidazole rings is 1. The highest BCUT2D eigenvalue weighted by Gasteiger charge is 2.26. The van der Waals surface area contributed by atoms with Crippen molar-refractivity contribution in [3.63, 3.8) is 0 Å². The van der Waals surface area contributed by atoms with E-state index in [9.17, 15) is 4.79 Å². The highest BCUT2D eigenvalue weighted by Crippen LogP contribution is 2.29. The van der Waals surface area contributed by atoms with Crippen molar-refractivity contribution in [1.29, 1.82) is 0 Å². The minimum Gasteiger partial charge on any atom is -0.493 e. The number of carbonyl (C=O) groups excluding carboxylic acids is 1. The van der Waals surface area contributed by atoms with E-state index in [0.29, 0.717) is 17.4 Å². The van der Waals surface area contributed by atoms with Gasteiger partial charge in [0, 0.05) is 19.0 Å². The number of ether oxygens (including phenoxy) is 2. The van der Waals surface area contributed by atoms with Crippen molar-refractivity contribution in [3.8, 4) is 11.5 Å². The Kier molecular flexibility index (Phi) is 5.19. The third-order valence-corrected chi connectivity index (χ3v) is 5.31. The number of hydrogen-bond acceptors (Lipinski definition) is 4. The topological polar surface area (TPSA) is 67.5 Å². The van der Waals surface area contributed by atoms with Crippen molar-refractivity contribution >= 4 is 16.9 Å². The minimum absolute atomic E-state index is 0.00526. The maximum absolute atomic E-state index is 12.6. The van der Waals surface area contributed by atoms with Crippen LogP contribution in [0.3, 0.4) is 0 Å². The van der Waals surface area contributed by atoms with Gasteiger partial charge in [-0.3, -0.25) is 4.79 Å². The Morgan fingerprint density at radius 1 is 1.18 bits per heavy atom. The van der Waals surface area contributed by atoms with E-state index in [4.69, 9.17) is 14.5 Å². The van der Waals surface area contributed by atoms with Gasteiger partial charge in [-0.1, -0.05) is 18.2 Å². The number of rotatable bonds is 5. The second-order valence-corrected chi connectivity index (χ2v) is 7.24. The first-order valence-electron chi connectivity index (χ1n) is 9.64. The zero-order valence-corrected chi connectivity index (χ0v) is 16.3. The standard InChI is InChI=1S/C22H25N3O3/c1-15-7-8-19(20(13-15)27-2)28-14-21(26)25-11-9-16(10-12-25)22-23-17-5-3-4-6-18(17)24-22/h3-8,13,16H,9-12,14H2,1-2H3,(H,23,24). The molecule has 0 radical (unpaired) electrons. The van der Waals surface area contributed by atoms with Crippen LogP contribution < -0.4 is 9.47 Å². The fourth-order valence-electron chi connectivity index (χ4n) is 3.69. The summed E-state index contributed by atoms with van der Waals surface area (Å²) >= 11 is 0. The zero-order chi connectivity index (χ0) is 19.5. The molecular weight excluding hydrogens is 354 g/mol. The summed E-state index contributed by atoms with van der Waals surface area (Å²) in [6.07, 6.45) is 1.80. The van der Waals surface area contributed by atoms with E-state index >= 15 is 0 Å². The lowest BCUT2D eigenvalue weighted by Gasteiger charge is -2.31. The van der Waals surface area contributed by atoms with Gasteiger partial charge in [0.05, 0.1) is 18.1 Å². The summed E-state index contributed by atoms with van der Waals surface area (Å²) in [7, 11) is 1.60. The third-order valence-electron chi connectivity index (χ3n) is 5.31. The van der Waals surface area contributed by atoms with Crippen LogP contribution >= 0.6 is 0 Å². The molecule has 3 aromatic rings. The molecule has 1 fully saturated rings. The van der Waals surface area contributed by atoms with Crippen molar-refractivity contribution in [2.75, 3.05) is 26.8 Å². The lowest BCUT2D eigenvalue weighted by Crippen LogP contribution is -2.40. The van der Waals surface area contributed by atoms with Crippen molar-refractivity contribution in [1.82, 2.24) is 14.9 Å². The number of fused-ring (bicyclic) bond motifs is 1. The van der Waals surface area contributed by atoms with Gasteiger partial charge in [0.15, 0.2) is 18.1 Å². The van der Waals surface area contributed by atoms with Crippen LogP contribution in [0.4, 0.5) is 0 Å².